The van der Waals surface area contributed by atoms with E-state index < -0.39 is 0 Å². The molecule has 1 saturated heterocycles. The van der Waals surface area contributed by atoms with Crippen molar-refractivity contribution in [1.82, 2.24) is 10.2 Å². The number of hydrogen-bond donors (Lipinski definition) is 1. The normalized spacial score (nSPS) is 19.1. The number of rotatable bonds is 6. The molecule has 0 radical (unpaired) electrons. The number of piperidine rings is 1. The van der Waals surface area contributed by atoms with E-state index in [4.69, 9.17) is 0 Å². The van der Waals surface area contributed by atoms with Crippen molar-refractivity contribution in [2.24, 2.45) is 5.92 Å². The molecule has 0 atom stereocenters. The van der Waals surface area contributed by atoms with E-state index in [0.717, 1.165) is 51.6 Å². The Kier molecular flexibility index (Phi) is 7.31. The van der Waals surface area contributed by atoms with Gasteiger partial charge >= 0.3 is 0 Å². The van der Waals surface area contributed by atoms with Crippen LogP contribution in [0.25, 0.3) is 0 Å². The standard InChI is InChI=1S/C23H34N2O2/c1-18-10-12-19(13-11-18)6-5-9-22(26)24-21-14-16-25(17-15-21)23(27)20-7-3-2-4-8-20/h10-13,20-21H,2-9,14-17H2,1H3,(H,24,26). The molecule has 4 heteroatoms. The first-order valence-electron chi connectivity index (χ1n) is 10.8. The van der Waals surface area contributed by atoms with Crippen LogP contribution in [0.15, 0.2) is 24.3 Å². The number of benzene rings is 1. The van der Waals surface area contributed by atoms with Gasteiger partial charge in [0.05, 0.1) is 0 Å². The van der Waals surface area contributed by atoms with Crippen molar-refractivity contribution >= 4 is 11.8 Å². The fourth-order valence-corrected chi connectivity index (χ4v) is 4.36. The van der Waals surface area contributed by atoms with Crippen LogP contribution in [0.4, 0.5) is 0 Å². The Labute approximate surface area is 163 Å². The summed E-state index contributed by atoms with van der Waals surface area (Å²) >= 11 is 0. The molecule has 1 aromatic carbocycles. The molecule has 0 unspecified atom stereocenters. The molecule has 4 nitrogen and oxygen atoms in total. The zero-order valence-electron chi connectivity index (χ0n) is 16.7. The maximum atomic E-state index is 12.6. The summed E-state index contributed by atoms with van der Waals surface area (Å²) in [6.45, 7) is 3.68. The lowest BCUT2D eigenvalue weighted by Gasteiger charge is -2.35. The number of likely N-dealkylation sites (tertiary alicyclic amines) is 1. The number of nitrogens with zero attached hydrogens (tertiary/aromatic N) is 1. The third kappa shape index (κ3) is 6.08. The van der Waals surface area contributed by atoms with Gasteiger partial charge in [0.15, 0.2) is 0 Å². The van der Waals surface area contributed by atoms with E-state index in [1.807, 2.05) is 4.90 Å². The van der Waals surface area contributed by atoms with Gasteiger partial charge in [-0.05, 0) is 51.0 Å². The Morgan fingerprint density at radius 2 is 1.67 bits per heavy atom. The van der Waals surface area contributed by atoms with Crippen molar-refractivity contribution in [1.29, 1.82) is 0 Å². The highest BCUT2D eigenvalue weighted by Gasteiger charge is 2.29. The molecule has 2 fully saturated rings. The van der Waals surface area contributed by atoms with Crippen LogP contribution in [0.3, 0.4) is 0 Å². The van der Waals surface area contributed by atoms with Crippen LogP contribution in [-0.2, 0) is 16.0 Å². The quantitative estimate of drug-likeness (QED) is 0.823. The predicted octanol–water partition coefficient (Wildman–Crippen LogP) is 4.01. The molecule has 1 saturated carbocycles. The van der Waals surface area contributed by atoms with Gasteiger partial charge in [0.1, 0.15) is 0 Å². The monoisotopic (exact) mass is 370 g/mol. The molecule has 0 bridgehead atoms. The first-order chi connectivity index (χ1) is 13.1. The first kappa shape index (κ1) is 19.9. The summed E-state index contributed by atoms with van der Waals surface area (Å²) in [5.41, 5.74) is 2.56. The van der Waals surface area contributed by atoms with Crippen LogP contribution in [0.5, 0.6) is 0 Å². The van der Waals surface area contributed by atoms with Gasteiger partial charge in [-0.1, -0.05) is 49.1 Å². The molecule has 1 heterocycles. The molecule has 3 rings (SSSR count). The minimum Gasteiger partial charge on any atom is -0.353 e. The summed E-state index contributed by atoms with van der Waals surface area (Å²) in [5.74, 6) is 0.767. The second-order valence-corrected chi connectivity index (χ2v) is 8.34. The van der Waals surface area contributed by atoms with Gasteiger partial charge in [-0.2, -0.15) is 0 Å². The Morgan fingerprint density at radius 3 is 2.33 bits per heavy atom. The average molecular weight is 371 g/mol. The van der Waals surface area contributed by atoms with Gasteiger partial charge in [0.25, 0.3) is 0 Å². The van der Waals surface area contributed by atoms with E-state index in [2.05, 4.69) is 36.5 Å². The van der Waals surface area contributed by atoms with Crippen LogP contribution in [0.2, 0.25) is 0 Å². The number of carbonyl (C=O) groups is 2. The SMILES string of the molecule is Cc1ccc(CCCC(=O)NC2CCN(C(=O)C3CCCCC3)CC2)cc1. The highest BCUT2D eigenvalue weighted by Crippen LogP contribution is 2.26. The van der Waals surface area contributed by atoms with Crippen LogP contribution in [0.1, 0.15) is 68.9 Å². The van der Waals surface area contributed by atoms with Crippen LogP contribution in [-0.4, -0.2) is 35.8 Å². The molecule has 1 aliphatic carbocycles. The van der Waals surface area contributed by atoms with Crippen molar-refractivity contribution < 1.29 is 9.59 Å². The van der Waals surface area contributed by atoms with Crippen molar-refractivity contribution in [3.05, 3.63) is 35.4 Å². The van der Waals surface area contributed by atoms with E-state index in [0.29, 0.717) is 12.3 Å². The lowest BCUT2D eigenvalue weighted by Crippen LogP contribution is -2.48. The first-order valence-corrected chi connectivity index (χ1v) is 10.8. The van der Waals surface area contributed by atoms with E-state index >= 15 is 0 Å². The smallest absolute Gasteiger partial charge is 0.225 e. The zero-order valence-corrected chi connectivity index (χ0v) is 16.7. The van der Waals surface area contributed by atoms with Gasteiger partial charge < -0.3 is 10.2 Å². The van der Waals surface area contributed by atoms with Crippen LogP contribution >= 0.6 is 0 Å². The molecule has 0 aromatic heterocycles. The van der Waals surface area contributed by atoms with Gasteiger partial charge in [-0.25, -0.2) is 0 Å². The van der Waals surface area contributed by atoms with Gasteiger partial charge in [-0.3, -0.25) is 9.59 Å². The van der Waals surface area contributed by atoms with Crippen LogP contribution in [0, 0.1) is 12.8 Å². The maximum Gasteiger partial charge on any atom is 0.225 e. The average Bonchev–Trinajstić information content (AvgIpc) is 2.70. The number of carbonyl (C=O) groups excluding carboxylic acids is 2. The van der Waals surface area contributed by atoms with Gasteiger partial charge in [0, 0.05) is 31.5 Å². The highest BCUT2D eigenvalue weighted by atomic mass is 16.2. The summed E-state index contributed by atoms with van der Waals surface area (Å²) in [7, 11) is 0. The number of aryl methyl sites for hydroxylation is 2. The number of nitrogens with one attached hydrogen (secondary N) is 1. The van der Waals surface area contributed by atoms with E-state index in [1.165, 1.54) is 30.4 Å². The Hall–Kier alpha value is -1.84. The number of hydrogen-bond acceptors (Lipinski definition) is 2. The van der Waals surface area contributed by atoms with Crippen molar-refractivity contribution in [2.45, 2.75) is 77.2 Å². The molecular weight excluding hydrogens is 336 g/mol. The minimum absolute atomic E-state index is 0.152. The lowest BCUT2D eigenvalue weighted by atomic mass is 9.87. The summed E-state index contributed by atoms with van der Waals surface area (Å²) in [6.07, 6.45) is 10.0. The van der Waals surface area contributed by atoms with Gasteiger partial charge in [-0.15, -0.1) is 0 Å². The third-order valence-corrected chi connectivity index (χ3v) is 6.12. The molecular formula is C23H34N2O2. The topological polar surface area (TPSA) is 49.4 Å². The molecule has 2 amide bonds. The van der Waals surface area contributed by atoms with Crippen LogP contribution < -0.4 is 5.32 Å². The fraction of sp³-hybridized carbons (Fsp3) is 0.652. The van der Waals surface area contributed by atoms with Crippen molar-refractivity contribution in [2.75, 3.05) is 13.1 Å². The number of amides is 2. The van der Waals surface area contributed by atoms with E-state index in [1.54, 1.807) is 0 Å². The second-order valence-electron chi connectivity index (χ2n) is 8.34. The molecule has 1 N–H and O–H groups in total. The Bertz CT molecular complexity index is 612. The van der Waals surface area contributed by atoms with E-state index in [-0.39, 0.29) is 17.9 Å². The molecule has 2 aliphatic rings. The molecule has 0 spiro atoms. The lowest BCUT2D eigenvalue weighted by molar-refractivity contribution is -0.137. The van der Waals surface area contributed by atoms with E-state index in [9.17, 15) is 9.59 Å². The van der Waals surface area contributed by atoms with Crippen molar-refractivity contribution in [3.63, 3.8) is 0 Å². The predicted molar refractivity (Wildman–Crippen MR) is 108 cm³/mol. The zero-order chi connectivity index (χ0) is 19.1. The maximum absolute atomic E-state index is 12.6. The largest absolute Gasteiger partial charge is 0.353 e. The summed E-state index contributed by atoms with van der Waals surface area (Å²) < 4.78 is 0. The molecule has 148 valence electrons. The summed E-state index contributed by atoms with van der Waals surface area (Å²) in [5, 5.41) is 3.18. The second kappa shape index (κ2) is 9.91. The fourth-order valence-electron chi connectivity index (χ4n) is 4.36. The van der Waals surface area contributed by atoms with Gasteiger partial charge in [0.2, 0.25) is 11.8 Å². The highest BCUT2D eigenvalue weighted by molar-refractivity contribution is 5.79. The Morgan fingerprint density at radius 1 is 1.00 bits per heavy atom. The minimum atomic E-state index is 0.152. The van der Waals surface area contributed by atoms with Crippen molar-refractivity contribution in [3.8, 4) is 0 Å². The third-order valence-electron chi connectivity index (χ3n) is 6.12. The summed E-state index contributed by atoms with van der Waals surface area (Å²) in [6, 6.07) is 8.76. The molecule has 1 aliphatic heterocycles. The molecule has 1 aromatic rings. The molecule has 27 heavy (non-hydrogen) atoms. The Balaban J connectivity index is 1.33. The summed E-state index contributed by atoms with van der Waals surface area (Å²) in [4.78, 5) is 26.9.